The number of carbonyl (C=O) groups is 6. The van der Waals surface area contributed by atoms with Crippen LogP contribution in [0.5, 0.6) is 0 Å². The lowest BCUT2D eigenvalue weighted by Gasteiger charge is -2.17. The van der Waals surface area contributed by atoms with Crippen molar-refractivity contribution < 1.29 is 33.5 Å². The molecule has 0 radical (unpaired) electrons. The van der Waals surface area contributed by atoms with E-state index in [9.17, 15) is 28.8 Å². The fourth-order valence-electron chi connectivity index (χ4n) is 2.40. The number of ether oxygens (including phenoxy) is 1. The monoisotopic (exact) mass is 460 g/mol. The molecule has 0 fully saturated rings. The van der Waals surface area contributed by atoms with E-state index in [0.717, 1.165) is 17.7 Å². The van der Waals surface area contributed by atoms with Gasteiger partial charge in [-0.3, -0.25) is 28.8 Å². The van der Waals surface area contributed by atoms with E-state index in [1.807, 2.05) is 0 Å². The Balaban J connectivity index is 2.36. The second-order valence-electron chi connectivity index (χ2n) is 7.04. The molecule has 11 nitrogen and oxygen atoms in total. The average molecular weight is 460 g/mol. The number of nitrogens with zero attached hydrogens (tertiary/aromatic N) is 1. The van der Waals surface area contributed by atoms with Crippen molar-refractivity contribution in [3.63, 3.8) is 0 Å². The van der Waals surface area contributed by atoms with Crippen LogP contribution < -0.4 is 16.0 Å². The highest BCUT2D eigenvalue weighted by Crippen LogP contribution is 2.10. The Morgan fingerprint density at radius 2 is 1.76 bits per heavy atom. The van der Waals surface area contributed by atoms with Crippen LogP contribution in [0, 0.1) is 0 Å². The second-order valence-corrected chi connectivity index (χ2v) is 7.04. The van der Waals surface area contributed by atoms with Crippen molar-refractivity contribution in [3.8, 4) is 0 Å². The summed E-state index contributed by atoms with van der Waals surface area (Å²) in [6.45, 7) is 2.72. The maximum atomic E-state index is 12.1. The molecule has 1 unspecified atom stereocenters. The first-order valence-corrected chi connectivity index (χ1v) is 10.1. The predicted molar refractivity (Wildman–Crippen MR) is 119 cm³/mol. The van der Waals surface area contributed by atoms with Crippen LogP contribution in [0.15, 0.2) is 36.4 Å². The van der Waals surface area contributed by atoms with E-state index in [0.29, 0.717) is 12.0 Å². The number of rotatable bonds is 12. The van der Waals surface area contributed by atoms with Gasteiger partial charge >= 0.3 is 5.97 Å². The van der Waals surface area contributed by atoms with Crippen LogP contribution in [0.4, 0.5) is 5.69 Å². The zero-order chi connectivity index (χ0) is 24.8. The van der Waals surface area contributed by atoms with Gasteiger partial charge in [0.1, 0.15) is 18.9 Å². The van der Waals surface area contributed by atoms with E-state index < -0.39 is 29.7 Å². The number of anilines is 1. The Kier molecular flexibility index (Phi) is 11.6. The molecule has 1 aromatic rings. The Morgan fingerprint density at radius 1 is 1.09 bits per heavy atom. The molecule has 33 heavy (non-hydrogen) atoms. The molecule has 0 saturated carbocycles. The van der Waals surface area contributed by atoms with Gasteiger partial charge in [0.05, 0.1) is 6.54 Å². The van der Waals surface area contributed by atoms with Crippen molar-refractivity contribution in [2.45, 2.75) is 32.9 Å². The van der Waals surface area contributed by atoms with Crippen LogP contribution in [0.2, 0.25) is 0 Å². The molecule has 0 spiro atoms. The molecule has 1 aromatic carbocycles. The van der Waals surface area contributed by atoms with Crippen molar-refractivity contribution in [1.29, 1.82) is 0 Å². The number of hydrogen-bond donors (Lipinski definition) is 3. The topological polar surface area (TPSA) is 151 Å². The van der Waals surface area contributed by atoms with E-state index in [4.69, 9.17) is 4.74 Å². The smallest absolute Gasteiger partial charge is 0.302 e. The molecule has 0 aliphatic rings. The Hall–Kier alpha value is -4.02. The standard InChI is InChI=1S/C22H28N4O7/c1-15(24-19(29)10-11-26(3)21(31)5-4-12-27)22(32)23-13-20(30)25-18-8-6-17(7-9-18)14-33-16(2)28/h4-9,12,15H,10-11,13-14H2,1-3H3,(H,23,32)(H,24,29)(H,25,30)/b5-4-. The van der Waals surface area contributed by atoms with Crippen LogP contribution in [0.3, 0.4) is 0 Å². The minimum Gasteiger partial charge on any atom is -0.461 e. The number of amides is 4. The summed E-state index contributed by atoms with van der Waals surface area (Å²) in [5.41, 5.74) is 1.26. The van der Waals surface area contributed by atoms with Gasteiger partial charge in [0.25, 0.3) is 0 Å². The summed E-state index contributed by atoms with van der Waals surface area (Å²) in [5.74, 6) is -2.27. The Labute approximate surface area is 191 Å². The zero-order valence-corrected chi connectivity index (χ0v) is 18.8. The average Bonchev–Trinajstić information content (AvgIpc) is 2.78. The summed E-state index contributed by atoms with van der Waals surface area (Å²) in [5, 5.41) is 7.53. The largest absolute Gasteiger partial charge is 0.461 e. The van der Waals surface area contributed by atoms with E-state index in [1.165, 1.54) is 25.8 Å². The van der Waals surface area contributed by atoms with Crippen molar-refractivity contribution >= 4 is 41.6 Å². The number of allylic oxidation sites excluding steroid dienone is 1. The van der Waals surface area contributed by atoms with Gasteiger partial charge in [-0.15, -0.1) is 0 Å². The number of likely N-dealkylation sites (N-methyl/N-ethyl adjacent to an activating group) is 1. The maximum absolute atomic E-state index is 12.1. The first-order chi connectivity index (χ1) is 15.6. The normalized spacial score (nSPS) is 11.2. The molecule has 0 bridgehead atoms. The van der Waals surface area contributed by atoms with Crippen LogP contribution in [-0.2, 0) is 40.1 Å². The van der Waals surface area contributed by atoms with Gasteiger partial charge in [0.2, 0.25) is 23.6 Å². The number of aldehydes is 1. The van der Waals surface area contributed by atoms with Crippen LogP contribution in [0.1, 0.15) is 25.8 Å². The van der Waals surface area contributed by atoms with Crippen LogP contribution >= 0.6 is 0 Å². The highest BCUT2D eigenvalue weighted by atomic mass is 16.5. The van der Waals surface area contributed by atoms with E-state index >= 15 is 0 Å². The van der Waals surface area contributed by atoms with Gasteiger partial charge in [-0.25, -0.2) is 0 Å². The molecule has 1 rings (SSSR count). The van der Waals surface area contributed by atoms with Gasteiger partial charge in [-0.05, 0) is 30.7 Å². The minimum atomic E-state index is -0.887. The van der Waals surface area contributed by atoms with Gasteiger partial charge in [0.15, 0.2) is 0 Å². The summed E-state index contributed by atoms with van der Waals surface area (Å²) < 4.78 is 4.88. The number of hydrogen-bond acceptors (Lipinski definition) is 7. The molecular formula is C22H28N4O7. The first kappa shape index (κ1) is 27.0. The lowest BCUT2D eigenvalue weighted by atomic mass is 10.2. The number of carbonyl (C=O) groups excluding carboxylic acids is 6. The Bertz CT molecular complexity index is 897. The fraction of sp³-hybridized carbons (Fsp3) is 0.364. The second kappa shape index (κ2) is 14.1. The van der Waals surface area contributed by atoms with Gasteiger partial charge in [-0.1, -0.05) is 12.1 Å². The molecule has 3 N–H and O–H groups in total. The van der Waals surface area contributed by atoms with Crippen molar-refractivity contribution in [3.05, 3.63) is 42.0 Å². The van der Waals surface area contributed by atoms with Crippen molar-refractivity contribution in [2.75, 3.05) is 25.5 Å². The summed E-state index contributed by atoms with van der Waals surface area (Å²) >= 11 is 0. The molecule has 178 valence electrons. The SMILES string of the molecule is CC(=O)OCc1ccc(NC(=O)CNC(=O)C(C)NC(=O)CCN(C)C(=O)/C=C\C=O)cc1. The summed E-state index contributed by atoms with van der Waals surface area (Å²) in [6, 6.07) is 5.77. The molecule has 0 saturated heterocycles. The third-order valence-corrected chi connectivity index (χ3v) is 4.24. The van der Waals surface area contributed by atoms with Gasteiger partial charge < -0.3 is 25.6 Å². The highest BCUT2D eigenvalue weighted by Gasteiger charge is 2.17. The predicted octanol–water partition coefficient (Wildman–Crippen LogP) is -0.0873. The van der Waals surface area contributed by atoms with Gasteiger partial charge in [0, 0.05) is 38.7 Å². The molecule has 4 amide bonds. The third kappa shape index (κ3) is 11.2. The first-order valence-electron chi connectivity index (χ1n) is 10.1. The lowest BCUT2D eigenvalue weighted by Crippen LogP contribution is -2.47. The van der Waals surface area contributed by atoms with Crippen molar-refractivity contribution in [2.24, 2.45) is 0 Å². The van der Waals surface area contributed by atoms with Crippen molar-refractivity contribution in [1.82, 2.24) is 15.5 Å². The third-order valence-electron chi connectivity index (χ3n) is 4.24. The quantitative estimate of drug-likeness (QED) is 0.224. The molecule has 0 aliphatic carbocycles. The van der Waals surface area contributed by atoms with Gasteiger partial charge in [-0.2, -0.15) is 0 Å². The van der Waals surface area contributed by atoms with E-state index in [-0.39, 0.29) is 32.1 Å². The highest BCUT2D eigenvalue weighted by molar-refractivity contribution is 5.96. The molecular weight excluding hydrogens is 432 g/mol. The summed E-state index contributed by atoms with van der Waals surface area (Å²) in [6.07, 6.45) is 2.58. The Morgan fingerprint density at radius 3 is 2.36 bits per heavy atom. The summed E-state index contributed by atoms with van der Waals surface area (Å²) in [7, 11) is 1.48. The zero-order valence-electron chi connectivity index (χ0n) is 18.8. The number of benzene rings is 1. The van der Waals surface area contributed by atoms with Crippen LogP contribution in [-0.4, -0.2) is 67.0 Å². The molecule has 0 aliphatic heterocycles. The molecule has 1 atom stereocenters. The fourth-order valence-corrected chi connectivity index (χ4v) is 2.40. The number of nitrogens with one attached hydrogen (secondary N) is 3. The van der Waals surface area contributed by atoms with E-state index in [1.54, 1.807) is 24.3 Å². The molecule has 0 aromatic heterocycles. The lowest BCUT2D eigenvalue weighted by molar-refractivity contribution is -0.142. The van der Waals surface area contributed by atoms with Crippen LogP contribution in [0.25, 0.3) is 0 Å². The molecule has 0 heterocycles. The number of esters is 1. The summed E-state index contributed by atoms with van der Waals surface area (Å²) in [4.78, 5) is 70.1. The maximum Gasteiger partial charge on any atom is 0.302 e. The molecule has 11 heteroatoms. The minimum absolute atomic E-state index is 0.0390. The van der Waals surface area contributed by atoms with E-state index in [2.05, 4.69) is 16.0 Å².